The molecule has 0 radical (unpaired) electrons. The molecule has 0 amide bonds. The van der Waals surface area contributed by atoms with Crippen molar-refractivity contribution in [3.05, 3.63) is 88.8 Å². The number of aliphatic hydroxyl groups is 1. The predicted molar refractivity (Wildman–Crippen MR) is 110 cm³/mol. The van der Waals surface area contributed by atoms with E-state index in [2.05, 4.69) is 4.90 Å². The molecule has 4 rings (SSSR count). The molecule has 5 heteroatoms. The summed E-state index contributed by atoms with van der Waals surface area (Å²) in [4.78, 5) is 14.8. The van der Waals surface area contributed by atoms with E-state index in [9.17, 15) is 9.90 Å². The average Bonchev–Trinajstić information content (AvgIpc) is 2.74. The molecule has 5 nitrogen and oxygen atoms in total. The molecule has 28 heavy (non-hydrogen) atoms. The zero-order valence-electron chi connectivity index (χ0n) is 15.7. The quantitative estimate of drug-likeness (QED) is 0.742. The third-order valence-corrected chi connectivity index (χ3v) is 5.10. The van der Waals surface area contributed by atoms with Crippen LogP contribution in [0.1, 0.15) is 18.4 Å². The Hall–Kier alpha value is -3.05. The molecule has 1 N–H and O–H groups in total. The van der Waals surface area contributed by atoms with Crippen LogP contribution in [0.3, 0.4) is 0 Å². The summed E-state index contributed by atoms with van der Waals surface area (Å²) >= 11 is 0. The number of aliphatic hydroxyl groups excluding tert-OH is 1. The largest absolute Gasteiger partial charge is 0.489 e. The van der Waals surface area contributed by atoms with Crippen LogP contribution in [0, 0.1) is 0 Å². The number of rotatable bonds is 5. The molecular formula is C23H24N2O3. The number of hydrogen-bond donors (Lipinski definition) is 1. The predicted octanol–water partition coefficient (Wildman–Crippen LogP) is 3.38. The minimum absolute atomic E-state index is 0.126. The first-order valence-electron chi connectivity index (χ1n) is 9.62. The Balaban J connectivity index is 1.44. The fourth-order valence-corrected chi connectivity index (χ4v) is 3.45. The Morgan fingerprint density at radius 1 is 0.929 bits per heavy atom. The van der Waals surface area contributed by atoms with Gasteiger partial charge in [-0.25, -0.2) is 0 Å². The van der Waals surface area contributed by atoms with E-state index in [1.165, 1.54) is 6.07 Å². The van der Waals surface area contributed by atoms with Gasteiger partial charge in [-0.1, -0.05) is 30.3 Å². The highest BCUT2D eigenvalue weighted by atomic mass is 16.5. The fourth-order valence-electron chi connectivity index (χ4n) is 3.45. The van der Waals surface area contributed by atoms with E-state index in [-0.39, 0.29) is 11.7 Å². The van der Waals surface area contributed by atoms with Gasteiger partial charge in [0.05, 0.1) is 6.10 Å². The number of hydrogen-bond acceptors (Lipinski definition) is 4. The van der Waals surface area contributed by atoms with Gasteiger partial charge in [0.15, 0.2) is 0 Å². The van der Waals surface area contributed by atoms with Crippen molar-refractivity contribution < 1.29 is 9.84 Å². The van der Waals surface area contributed by atoms with Crippen LogP contribution < -0.4 is 15.2 Å². The summed E-state index contributed by atoms with van der Waals surface area (Å²) in [6, 6.07) is 21.2. The van der Waals surface area contributed by atoms with Crippen LogP contribution in [0.4, 0.5) is 5.69 Å². The first kappa shape index (κ1) is 18.3. The summed E-state index contributed by atoms with van der Waals surface area (Å²) < 4.78 is 7.34. The van der Waals surface area contributed by atoms with E-state index >= 15 is 0 Å². The standard InChI is InChI=1S/C23H24N2O3/c26-21-10-13-24(14-11-21)19-6-8-20(9-7-19)25-15-12-22(16-23(25)27)28-17-18-4-2-1-3-5-18/h1-9,12,15-16,21,26H,10-11,13-14,17H2. The van der Waals surface area contributed by atoms with Gasteiger partial charge in [0.1, 0.15) is 12.4 Å². The molecule has 3 aromatic rings. The van der Waals surface area contributed by atoms with E-state index in [0.717, 1.165) is 42.9 Å². The van der Waals surface area contributed by atoms with Gasteiger partial charge in [-0.15, -0.1) is 0 Å². The van der Waals surface area contributed by atoms with Crippen molar-refractivity contribution in [2.45, 2.75) is 25.6 Å². The molecule has 0 aliphatic carbocycles. The molecule has 1 aromatic heterocycles. The first-order valence-corrected chi connectivity index (χ1v) is 9.62. The Morgan fingerprint density at radius 2 is 1.61 bits per heavy atom. The second-order valence-corrected chi connectivity index (χ2v) is 7.08. The third-order valence-electron chi connectivity index (χ3n) is 5.10. The number of anilines is 1. The lowest BCUT2D eigenvalue weighted by atomic mass is 10.1. The maximum atomic E-state index is 12.5. The number of nitrogens with zero attached hydrogens (tertiary/aromatic N) is 2. The van der Waals surface area contributed by atoms with Crippen molar-refractivity contribution in [1.29, 1.82) is 0 Å². The Bertz CT molecular complexity index is 959. The zero-order valence-corrected chi connectivity index (χ0v) is 15.7. The third kappa shape index (κ3) is 4.26. The second-order valence-electron chi connectivity index (χ2n) is 7.08. The van der Waals surface area contributed by atoms with Crippen molar-refractivity contribution in [3.8, 4) is 11.4 Å². The van der Waals surface area contributed by atoms with Crippen LogP contribution in [0.2, 0.25) is 0 Å². The molecule has 0 atom stereocenters. The summed E-state index contributed by atoms with van der Waals surface area (Å²) in [5, 5.41) is 9.65. The molecular weight excluding hydrogens is 352 g/mol. The molecule has 1 fully saturated rings. The lowest BCUT2D eigenvalue weighted by Gasteiger charge is -2.31. The van der Waals surface area contributed by atoms with E-state index in [0.29, 0.717) is 12.4 Å². The summed E-state index contributed by atoms with van der Waals surface area (Å²) in [5.41, 5.74) is 2.87. The van der Waals surface area contributed by atoms with Gasteiger partial charge in [0.2, 0.25) is 0 Å². The summed E-state index contributed by atoms with van der Waals surface area (Å²) in [6.07, 6.45) is 3.16. The summed E-state index contributed by atoms with van der Waals surface area (Å²) in [6.45, 7) is 2.14. The highest BCUT2D eigenvalue weighted by Gasteiger charge is 2.17. The van der Waals surface area contributed by atoms with Crippen molar-refractivity contribution in [2.24, 2.45) is 0 Å². The minimum Gasteiger partial charge on any atom is -0.489 e. The van der Waals surface area contributed by atoms with Gasteiger partial charge in [-0.3, -0.25) is 9.36 Å². The lowest BCUT2D eigenvalue weighted by Crippen LogP contribution is -2.35. The van der Waals surface area contributed by atoms with Gasteiger partial charge < -0.3 is 14.7 Å². The highest BCUT2D eigenvalue weighted by Crippen LogP contribution is 2.21. The number of benzene rings is 2. The SMILES string of the molecule is O=c1cc(OCc2ccccc2)ccn1-c1ccc(N2CCC(O)CC2)cc1. The van der Waals surface area contributed by atoms with Crippen molar-refractivity contribution in [3.63, 3.8) is 0 Å². The minimum atomic E-state index is -0.184. The molecule has 2 aromatic carbocycles. The van der Waals surface area contributed by atoms with Crippen LogP contribution in [-0.2, 0) is 6.61 Å². The lowest BCUT2D eigenvalue weighted by molar-refractivity contribution is 0.145. The van der Waals surface area contributed by atoms with Crippen LogP contribution in [0.15, 0.2) is 77.7 Å². The topological polar surface area (TPSA) is 54.7 Å². The maximum absolute atomic E-state index is 12.5. The summed E-state index contributed by atoms with van der Waals surface area (Å²) in [7, 11) is 0. The molecule has 0 saturated carbocycles. The van der Waals surface area contributed by atoms with Crippen molar-refractivity contribution in [2.75, 3.05) is 18.0 Å². The first-order chi connectivity index (χ1) is 13.7. The molecule has 2 heterocycles. The number of pyridine rings is 1. The average molecular weight is 376 g/mol. The summed E-state index contributed by atoms with van der Waals surface area (Å²) in [5.74, 6) is 0.564. The maximum Gasteiger partial charge on any atom is 0.258 e. The second kappa shape index (κ2) is 8.31. The van der Waals surface area contributed by atoms with E-state index in [1.807, 2.05) is 60.7 Å². The van der Waals surface area contributed by atoms with Crippen LogP contribution in [0.5, 0.6) is 5.75 Å². The van der Waals surface area contributed by atoms with Crippen LogP contribution in [-0.4, -0.2) is 28.9 Å². The van der Waals surface area contributed by atoms with Crippen LogP contribution in [0.25, 0.3) is 5.69 Å². The number of aromatic nitrogens is 1. The molecule has 1 aliphatic heterocycles. The zero-order chi connectivity index (χ0) is 19.3. The normalized spacial score (nSPS) is 14.8. The highest BCUT2D eigenvalue weighted by molar-refractivity contribution is 5.51. The monoisotopic (exact) mass is 376 g/mol. The Labute approximate surface area is 164 Å². The van der Waals surface area contributed by atoms with Crippen LogP contribution >= 0.6 is 0 Å². The van der Waals surface area contributed by atoms with E-state index in [1.54, 1.807) is 10.8 Å². The molecule has 1 saturated heterocycles. The van der Waals surface area contributed by atoms with Gasteiger partial charge >= 0.3 is 0 Å². The smallest absolute Gasteiger partial charge is 0.258 e. The van der Waals surface area contributed by atoms with Crippen molar-refractivity contribution >= 4 is 5.69 Å². The van der Waals surface area contributed by atoms with Gasteiger partial charge in [0, 0.05) is 36.7 Å². The van der Waals surface area contributed by atoms with Gasteiger partial charge in [-0.2, -0.15) is 0 Å². The van der Waals surface area contributed by atoms with E-state index < -0.39 is 0 Å². The van der Waals surface area contributed by atoms with Gasteiger partial charge in [-0.05, 0) is 48.7 Å². The van der Waals surface area contributed by atoms with E-state index in [4.69, 9.17) is 4.74 Å². The molecule has 0 bridgehead atoms. The number of piperidine rings is 1. The Kier molecular flexibility index (Phi) is 5.44. The molecule has 0 spiro atoms. The molecule has 144 valence electrons. The number of ether oxygens (including phenoxy) is 1. The molecule has 1 aliphatic rings. The van der Waals surface area contributed by atoms with Gasteiger partial charge in [0.25, 0.3) is 5.56 Å². The Morgan fingerprint density at radius 3 is 2.29 bits per heavy atom. The fraction of sp³-hybridized carbons (Fsp3) is 0.261. The molecule has 0 unspecified atom stereocenters. The van der Waals surface area contributed by atoms with Crippen molar-refractivity contribution in [1.82, 2.24) is 4.57 Å².